The summed E-state index contributed by atoms with van der Waals surface area (Å²) in [6.07, 6.45) is 0.147. The van der Waals surface area contributed by atoms with Crippen molar-refractivity contribution in [1.29, 1.82) is 0 Å². The van der Waals surface area contributed by atoms with E-state index in [1.165, 1.54) is 17.0 Å². The Kier molecular flexibility index (Phi) is 3.19. The molecule has 1 amide bonds. The van der Waals surface area contributed by atoms with Gasteiger partial charge in [0.05, 0.1) is 17.9 Å². The van der Waals surface area contributed by atoms with Crippen molar-refractivity contribution < 1.29 is 19.4 Å². The van der Waals surface area contributed by atoms with E-state index in [-0.39, 0.29) is 5.56 Å². The van der Waals surface area contributed by atoms with Gasteiger partial charge in [-0.15, -0.1) is 0 Å². The zero-order chi connectivity index (χ0) is 12.4. The summed E-state index contributed by atoms with van der Waals surface area (Å²) < 4.78 is 4.87. The first-order valence-corrected chi connectivity index (χ1v) is 5.44. The second kappa shape index (κ2) is 4.63. The molecule has 0 aromatic heterocycles. The van der Waals surface area contributed by atoms with Crippen molar-refractivity contribution >= 4 is 29.4 Å². The van der Waals surface area contributed by atoms with Gasteiger partial charge in [-0.05, 0) is 24.6 Å². The summed E-state index contributed by atoms with van der Waals surface area (Å²) in [6.45, 7) is 0.812. The number of nitrogens with zero attached hydrogens (tertiary/aromatic N) is 1. The molecule has 1 saturated heterocycles. The number of anilines is 1. The summed E-state index contributed by atoms with van der Waals surface area (Å²) in [4.78, 5) is 23.9. The minimum absolute atomic E-state index is 0.00338. The van der Waals surface area contributed by atoms with Crippen LogP contribution in [0, 0.1) is 0 Å². The molecular weight excluding hydrogens is 246 g/mol. The molecule has 0 aliphatic carbocycles. The number of carbonyl (C=O) groups excluding carboxylic acids is 1. The largest absolute Gasteiger partial charge is 0.478 e. The van der Waals surface area contributed by atoms with Crippen LogP contribution in [-0.4, -0.2) is 30.3 Å². The number of ether oxygens (including phenoxy) is 1. The van der Waals surface area contributed by atoms with Crippen LogP contribution in [0.4, 0.5) is 10.5 Å². The van der Waals surface area contributed by atoms with Crippen LogP contribution >= 0.6 is 11.6 Å². The molecule has 1 N–H and O–H groups in total. The lowest BCUT2D eigenvalue weighted by atomic mass is 10.1. The van der Waals surface area contributed by atoms with Gasteiger partial charge in [0.25, 0.3) is 0 Å². The Labute approximate surface area is 103 Å². The molecule has 17 heavy (non-hydrogen) atoms. The van der Waals surface area contributed by atoms with Crippen molar-refractivity contribution in [2.75, 3.05) is 18.1 Å². The second-order valence-corrected chi connectivity index (χ2v) is 4.02. The molecule has 0 unspecified atom stereocenters. The third kappa shape index (κ3) is 2.34. The molecule has 90 valence electrons. The van der Waals surface area contributed by atoms with E-state index in [1.54, 1.807) is 6.07 Å². The molecule has 0 bridgehead atoms. The molecule has 1 aromatic rings. The van der Waals surface area contributed by atoms with Crippen LogP contribution in [0.1, 0.15) is 16.8 Å². The van der Waals surface area contributed by atoms with E-state index < -0.39 is 12.1 Å². The highest BCUT2D eigenvalue weighted by atomic mass is 35.5. The van der Waals surface area contributed by atoms with E-state index in [1.807, 2.05) is 0 Å². The van der Waals surface area contributed by atoms with Crippen LogP contribution in [-0.2, 0) is 4.74 Å². The number of hydrogen-bond donors (Lipinski definition) is 1. The molecule has 1 aliphatic heterocycles. The van der Waals surface area contributed by atoms with Crippen molar-refractivity contribution in [2.45, 2.75) is 6.42 Å². The molecule has 6 heteroatoms. The molecule has 0 spiro atoms. The van der Waals surface area contributed by atoms with Crippen LogP contribution in [0.15, 0.2) is 18.2 Å². The number of rotatable bonds is 2. The Hall–Kier alpha value is -1.75. The number of amides is 1. The zero-order valence-electron chi connectivity index (χ0n) is 8.85. The van der Waals surface area contributed by atoms with Crippen molar-refractivity contribution in [2.24, 2.45) is 0 Å². The Bertz CT molecular complexity index is 475. The molecule has 1 fully saturated rings. The lowest BCUT2D eigenvalue weighted by molar-refractivity contribution is 0.0697. The minimum Gasteiger partial charge on any atom is -0.478 e. The maximum Gasteiger partial charge on any atom is 0.414 e. The lowest BCUT2D eigenvalue weighted by Crippen LogP contribution is -2.38. The molecular formula is C11H10ClNO4. The monoisotopic (exact) mass is 255 g/mol. The van der Waals surface area contributed by atoms with Gasteiger partial charge in [0.1, 0.15) is 0 Å². The predicted octanol–water partition coefficient (Wildman–Crippen LogP) is 2.38. The van der Waals surface area contributed by atoms with Crippen LogP contribution in [0.25, 0.3) is 0 Å². The number of carbonyl (C=O) groups is 2. The number of carboxylic acids is 1. The molecule has 1 aromatic carbocycles. The standard InChI is InChI=1S/C11H10ClNO4/c12-7-2-3-9(8(6-7)10(14)15)13-4-1-5-17-11(13)16/h2-3,6H,1,4-5H2,(H,14,15). The van der Waals surface area contributed by atoms with Gasteiger partial charge in [0.2, 0.25) is 0 Å². The number of cyclic esters (lactones) is 1. The molecule has 1 aliphatic rings. The normalized spacial score (nSPS) is 15.6. The molecule has 5 nitrogen and oxygen atoms in total. The average Bonchev–Trinajstić information content (AvgIpc) is 2.30. The summed E-state index contributed by atoms with van der Waals surface area (Å²) in [5.74, 6) is -1.12. The Morgan fingerprint density at radius 3 is 2.88 bits per heavy atom. The third-order valence-corrected chi connectivity index (χ3v) is 2.69. The number of halogens is 1. The van der Waals surface area contributed by atoms with E-state index in [9.17, 15) is 9.59 Å². The summed E-state index contributed by atoms with van der Waals surface area (Å²) in [6, 6.07) is 4.38. The Balaban J connectivity index is 2.43. The fourth-order valence-corrected chi connectivity index (χ4v) is 1.86. The van der Waals surface area contributed by atoms with Gasteiger partial charge in [-0.25, -0.2) is 9.59 Å². The van der Waals surface area contributed by atoms with Crippen molar-refractivity contribution in [3.05, 3.63) is 28.8 Å². The van der Waals surface area contributed by atoms with Gasteiger partial charge in [-0.1, -0.05) is 11.6 Å². The van der Waals surface area contributed by atoms with Crippen LogP contribution in [0.2, 0.25) is 5.02 Å². The lowest BCUT2D eigenvalue weighted by Gasteiger charge is -2.27. The van der Waals surface area contributed by atoms with E-state index in [4.69, 9.17) is 21.4 Å². The first-order chi connectivity index (χ1) is 8.09. The van der Waals surface area contributed by atoms with Crippen LogP contribution in [0.5, 0.6) is 0 Å². The molecule has 0 saturated carbocycles. The highest BCUT2D eigenvalue weighted by Gasteiger charge is 2.25. The van der Waals surface area contributed by atoms with Gasteiger partial charge >= 0.3 is 12.1 Å². The van der Waals surface area contributed by atoms with E-state index in [0.29, 0.717) is 30.3 Å². The fraction of sp³-hybridized carbons (Fsp3) is 0.273. The summed E-state index contributed by atoms with van der Waals surface area (Å²) >= 11 is 5.74. The first-order valence-electron chi connectivity index (χ1n) is 5.07. The fourth-order valence-electron chi connectivity index (χ4n) is 1.69. The van der Waals surface area contributed by atoms with Crippen molar-refractivity contribution in [3.63, 3.8) is 0 Å². The average molecular weight is 256 g/mol. The van der Waals surface area contributed by atoms with Gasteiger partial charge < -0.3 is 9.84 Å². The van der Waals surface area contributed by atoms with Gasteiger partial charge in [-0.3, -0.25) is 4.90 Å². The van der Waals surface area contributed by atoms with E-state index >= 15 is 0 Å². The summed E-state index contributed by atoms with van der Waals surface area (Å²) in [5, 5.41) is 9.39. The highest BCUT2D eigenvalue weighted by Crippen LogP contribution is 2.26. The minimum atomic E-state index is -1.12. The number of aromatic carboxylic acids is 1. The quantitative estimate of drug-likeness (QED) is 0.881. The Morgan fingerprint density at radius 1 is 1.47 bits per heavy atom. The van der Waals surface area contributed by atoms with Gasteiger partial charge in [0, 0.05) is 11.6 Å². The topological polar surface area (TPSA) is 66.8 Å². The number of benzene rings is 1. The maximum atomic E-state index is 11.5. The molecule has 1 heterocycles. The van der Waals surface area contributed by atoms with Crippen LogP contribution < -0.4 is 4.90 Å². The Morgan fingerprint density at radius 2 is 2.24 bits per heavy atom. The van der Waals surface area contributed by atoms with Gasteiger partial charge in [0.15, 0.2) is 0 Å². The first kappa shape index (κ1) is 11.7. The predicted molar refractivity (Wildman–Crippen MR) is 61.7 cm³/mol. The van der Waals surface area contributed by atoms with E-state index in [0.717, 1.165) is 0 Å². The maximum absolute atomic E-state index is 11.5. The molecule has 2 rings (SSSR count). The highest BCUT2D eigenvalue weighted by molar-refractivity contribution is 6.31. The molecule has 0 radical (unpaired) electrons. The SMILES string of the molecule is O=C(O)c1cc(Cl)ccc1N1CCCOC1=O. The number of hydrogen-bond acceptors (Lipinski definition) is 3. The second-order valence-electron chi connectivity index (χ2n) is 3.59. The molecule has 0 atom stereocenters. The summed E-state index contributed by atoms with van der Waals surface area (Å²) in [7, 11) is 0. The summed E-state index contributed by atoms with van der Waals surface area (Å²) in [5.41, 5.74) is 0.308. The number of carboxylic acid groups (broad SMARTS) is 1. The van der Waals surface area contributed by atoms with Crippen molar-refractivity contribution in [1.82, 2.24) is 0 Å². The van der Waals surface area contributed by atoms with E-state index in [2.05, 4.69) is 0 Å². The van der Waals surface area contributed by atoms with Crippen LogP contribution in [0.3, 0.4) is 0 Å². The van der Waals surface area contributed by atoms with Crippen molar-refractivity contribution in [3.8, 4) is 0 Å². The third-order valence-electron chi connectivity index (χ3n) is 2.45. The van der Waals surface area contributed by atoms with Gasteiger partial charge in [-0.2, -0.15) is 0 Å². The smallest absolute Gasteiger partial charge is 0.414 e. The zero-order valence-corrected chi connectivity index (χ0v) is 9.61.